The molecule has 0 bridgehead atoms. The molecular formula is C4H5F3O3. The Balaban J connectivity index is 4.00. The minimum atomic E-state index is -4.19. The molecule has 0 saturated carbocycles. The molecule has 0 spiro atoms. The molecule has 0 aliphatic heterocycles. The van der Waals surface area contributed by atoms with Gasteiger partial charge in [0.25, 0.3) is 0 Å². The summed E-state index contributed by atoms with van der Waals surface area (Å²) in [6, 6.07) is 0. The molecule has 1 unspecified atom stereocenters. The van der Waals surface area contributed by atoms with E-state index in [1.807, 2.05) is 0 Å². The van der Waals surface area contributed by atoms with Crippen LogP contribution in [0.3, 0.4) is 0 Å². The summed E-state index contributed by atoms with van der Waals surface area (Å²) in [6.45, 7) is 0. The molecule has 60 valence electrons. The van der Waals surface area contributed by atoms with Crippen LogP contribution in [0.15, 0.2) is 0 Å². The van der Waals surface area contributed by atoms with Crippen LogP contribution in [0.2, 0.25) is 0 Å². The zero-order valence-corrected chi connectivity index (χ0v) is 4.72. The van der Waals surface area contributed by atoms with E-state index in [1.54, 1.807) is 0 Å². The van der Waals surface area contributed by atoms with Crippen molar-refractivity contribution in [2.24, 2.45) is 0 Å². The third-order valence-electron chi connectivity index (χ3n) is 0.738. The molecule has 0 radical (unpaired) electrons. The summed E-state index contributed by atoms with van der Waals surface area (Å²) in [5.41, 5.74) is 0. The van der Waals surface area contributed by atoms with E-state index in [4.69, 9.17) is 10.2 Å². The number of carbonyl (C=O) groups is 1. The maximum Gasteiger partial charge on any atom is 0.374 e. The highest BCUT2D eigenvalue weighted by Crippen LogP contribution is 2.20. The Morgan fingerprint density at radius 3 is 2.10 bits per heavy atom. The van der Waals surface area contributed by atoms with E-state index in [1.165, 1.54) is 0 Å². The molecule has 0 aromatic heterocycles. The fraction of sp³-hybridized carbons (Fsp3) is 0.750. The average molecular weight is 158 g/mol. The smallest absolute Gasteiger partial charge is 0.374 e. The largest absolute Gasteiger partial charge is 0.477 e. The molecule has 0 rings (SSSR count). The number of hydrogen-bond donors (Lipinski definition) is 2. The highest BCUT2D eigenvalue weighted by molar-refractivity contribution is 5.75. The summed E-state index contributed by atoms with van der Waals surface area (Å²) in [7, 11) is 0. The number of carboxylic acids is 1. The lowest BCUT2D eigenvalue weighted by Gasteiger charge is -2.09. The van der Waals surface area contributed by atoms with Crippen molar-refractivity contribution >= 4 is 5.97 Å². The molecule has 0 fully saturated rings. The van der Waals surface area contributed by atoms with Crippen molar-refractivity contribution in [2.45, 2.75) is 18.7 Å². The molecule has 0 aromatic carbocycles. The maximum absolute atomic E-state index is 11.8. The quantitative estimate of drug-likeness (QED) is 0.624. The van der Waals surface area contributed by atoms with Crippen LogP contribution in [-0.4, -0.2) is 28.5 Å². The van der Waals surface area contributed by atoms with E-state index in [9.17, 15) is 18.0 Å². The zero-order chi connectivity index (χ0) is 8.36. The van der Waals surface area contributed by atoms with E-state index in [-0.39, 0.29) is 0 Å². The molecule has 0 aromatic rings. The van der Waals surface area contributed by atoms with Gasteiger partial charge in [0, 0.05) is 0 Å². The van der Waals surface area contributed by atoms with Crippen molar-refractivity contribution in [1.29, 1.82) is 0 Å². The Morgan fingerprint density at radius 2 is 2.00 bits per heavy atom. The average Bonchev–Trinajstić information content (AvgIpc) is 1.60. The second kappa shape index (κ2) is 2.87. The van der Waals surface area contributed by atoms with Gasteiger partial charge in [0.05, 0.1) is 6.42 Å². The van der Waals surface area contributed by atoms with Crippen LogP contribution in [0.4, 0.5) is 13.2 Å². The van der Waals surface area contributed by atoms with Gasteiger partial charge in [-0.15, -0.1) is 0 Å². The van der Waals surface area contributed by atoms with Crippen LogP contribution in [0, 0.1) is 0 Å². The van der Waals surface area contributed by atoms with E-state index in [0.29, 0.717) is 0 Å². The van der Waals surface area contributed by atoms with Crippen molar-refractivity contribution in [3.8, 4) is 0 Å². The minimum absolute atomic E-state index is 1.71. The lowest BCUT2D eigenvalue weighted by molar-refractivity contribution is -0.173. The molecular weight excluding hydrogens is 153 g/mol. The molecule has 10 heavy (non-hydrogen) atoms. The van der Waals surface area contributed by atoms with E-state index in [0.717, 1.165) is 0 Å². The van der Waals surface area contributed by atoms with Crippen molar-refractivity contribution < 1.29 is 28.2 Å². The molecule has 1 atom stereocenters. The Kier molecular flexibility index (Phi) is 2.65. The molecule has 0 amide bonds. The van der Waals surface area contributed by atoms with Crippen LogP contribution in [0.5, 0.6) is 0 Å². The van der Waals surface area contributed by atoms with Crippen molar-refractivity contribution in [3.05, 3.63) is 0 Å². The molecule has 0 aliphatic carbocycles. The molecule has 0 saturated heterocycles. The third kappa shape index (κ3) is 2.67. The summed E-state index contributed by atoms with van der Waals surface area (Å²) < 4.78 is 35.0. The van der Waals surface area contributed by atoms with Crippen molar-refractivity contribution in [3.63, 3.8) is 0 Å². The summed E-state index contributed by atoms with van der Waals surface area (Å²) in [4.78, 5) is 9.53. The number of halogens is 3. The van der Waals surface area contributed by atoms with Gasteiger partial charge in [-0.2, -0.15) is 8.78 Å². The van der Waals surface area contributed by atoms with Gasteiger partial charge in [-0.3, -0.25) is 0 Å². The van der Waals surface area contributed by atoms with Crippen LogP contribution < -0.4 is 0 Å². The van der Waals surface area contributed by atoms with Gasteiger partial charge >= 0.3 is 11.9 Å². The Labute approximate surface area is 54.1 Å². The monoisotopic (exact) mass is 158 g/mol. The Bertz CT molecular complexity index is 134. The van der Waals surface area contributed by atoms with Crippen LogP contribution in [0.1, 0.15) is 6.42 Å². The number of aliphatic hydroxyl groups excluding tert-OH is 1. The predicted octanol–water partition coefficient (Wildman–Crippen LogP) is 0.384. The molecule has 2 N–H and O–H groups in total. The lowest BCUT2D eigenvalue weighted by Crippen LogP contribution is -2.31. The molecule has 0 aliphatic rings. The summed E-state index contributed by atoms with van der Waals surface area (Å²) in [5.74, 6) is -6.63. The van der Waals surface area contributed by atoms with E-state index in [2.05, 4.69) is 0 Å². The third-order valence-corrected chi connectivity index (χ3v) is 0.738. The number of hydrogen-bond acceptors (Lipinski definition) is 2. The standard InChI is InChI=1S/C4H5F3O3/c5-2(8)1-4(6,7)3(9)10/h2,8H,1H2,(H,9,10). The second-order valence-corrected chi connectivity index (χ2v) is 1.65. The fourth-order valence-corrected chi connectivity index (χ4v) is 0.299. The topological polar surface area (TPSA) is 57.5 Å². The van der Waals surface area contributed by atoms with Crippen LogP contribution in [-0.2, 0) is 4.79 Å². The van der Waals surface area contributed by atoms with Crippen LogP contribution >= 0.6 is 0 Å². The summed E-state index contributed by atoms with van der Waals surface area (Å²) >= 11 is 0. The Morgan fingerprint density at radius 1 is 1.60 bits per heavy atom. The van der Waals surface area contributed by atoms with Crippen molar-refractivity contribution in [2.75, 3.05) is 0 Å². The van der Waals surface area contributed by atoms with Gasteiger partial charge < -0.3 is 10.2 Å². The van der Waals surface area contributed by atoms with Gasteiger partial charge in [0.15, 0.2) is 0 Å². The van der Waals surface area contributed by atoms with Crippen LogP contribution in [0.25, 0.3) is 0 Å². The first-order valence-corrected chi connectivity index (χ1v) is 2.29. The summed E-state index contributed by atoms with van der Waals surface area (Å²) in [6.07, 6.45) is -4.51. The first-order chi connectivity index (χ1) is 4.36. The van der Waals surface area contributed by atoms with E-state index >= 15 is 0 Å². The Hall–Kier alpha value is -0.780. The number of aliphatic hydroxyl groups is 1. The predicted molar refractivity (Wildman–Crippen MR) is 24.3 cm³/mol. The first-order valence-electron chi connectivity index (χ1n) is 2.29. The van der Waals surface area contributed by atoms with Gasteiger partial charge in [0.2, 0.25) is 6.36 Å². The van der Waals surface area contributed by atoms with Gasteiger partial charge in [-0.1, -0.05) is 0 Å². The summed E-state index contributed by atoms with van der Waals surface area (Å²) in [5, 5.41) is 15.4. The molecule has 0 heterocycles. The number of carboxylic acid groups (broad SMARTS) is 1. The second-order valence-electron chi connectivity index (χ2n) is 1.65. The maximum atomic E-state index is 11.8. The van der Waals surface area contributed by atoms with Gasteiger partial charge in [-0.05, 0) is 0 Å². The highest BCUT2D eigenvalue weighted by atomic mass is 19.3. The lowest BCUT2D eigenvalue weighted by atomic mass is 10.2. The van der Waals surface area contributed by atoms with E-state index < -0.39 is 24.7 Å². The zero-order valence-electron chi connectivity index (χ0n) is 4.72. The number of alkyl halides is 3. The van der Waals surface area contributed by atoms with Gasteiger partial charge in [-0.25, -0.2) is 9.18 Å². The first kappa shape index (κ1) is 9.22. The molecule has 6 heteroatoms. The fourth-order valence-electron chi connectivity index (χ4n) is 0.299. The highest BCUT2D eigenvalue weighted by Gasteiger charge is 2.40. The normalized spacial score (nSPS) is 14.8. The minimum Gasteiger partial charge on any atom is -0.477 e. The SMILES string of the molecule is O=C(O)C(F)(F)CC(O)F. The number of aliphatic carboxylic acids is 1. The van der Waals surface area contributed by atoms with Crippen molar-refractivity contribution in [1.82, 2.24) is 0 Å². The molecule has 3 nitrogen and oxygen atoms in total. The number of rotatable bonds is 3. The van der Waals surface area contributed by atoms with Gasteiger partial charge in [0.1, 0.15) is 0 Å².